The first-order valence-electron chi connectivity index (χ1n) is 6.06. The first-order chi connectivity index (χ1) is 9.99. The lowest BCUT2D eigenvalue weighted by Crippen LogP contribution is -2.33. The highest BCUT2D eigenvalue weighted by molar-refractivity contribution is 14.1. The van der Waals surface area contributed by atoms with E-state index in [0.717, 1.165) is 0 Å². The van der Waals surface area contributed by atoms with Gasteiger partial charge >= 0.3 is 5.97 Å². The largest absolute Gasteiger partial charge is 0.507 e. The van der Waals surface area contributed by atoms with Crippen LogP contribution in [0.3, 0.4) is 0 Å². The normalized spacial score (nSPS) is 11.7. The van der Waals surface area contributed by atoms with Gasteiger partial charge in [-0.05, 0) is 46.4 Å². The molecule has 5 nitrogen and oxygen atoms in total. The zero-order chi connectivity index (χ0) is 15.4. The van der Waals surface area contributed by atoms with E-state index in [0.29, 0.717) is 9.13 Å². The molecule has 0 unspecified atom stereocenters. The third kappa shape index (κ3) is 3.72. The number of carboxylic acids is 1. The average Bonchev–Trinajstić information content (AvgIpc) is 2.48. The number of aromatic hydroxyl groups is 1. The third-order valence-electron chi connectivity index (χ3n) is 2.86. The topological polar surface area (TPSA) is 86.6 Å². The zero-order valence-electron chi connectivity index (χ0n) is 10.8. The summed E-state index contributed by atoms with van der Waals surface area (Å²) in [5.41, 5.74) is 0.684. The number of hydrogen-bond donors (Lipinski definition) is 3. The Kier molecular flexibility index (Phi) is 4.79. The van der Waals surface area contributed by atoms with Crippen LogP contribution in [-0.4, -0.2) is 22.1 Å². The molecule has 0 aromatic heterocycles. The second-order valence-electron chi connectivity index (χ2n) is 4.32. The number of rotatable bonds is 4. The number of hydrogen-bond acceptors (Lipinski definition) is 3. The molecule has 0 aliphatic rings. The summed E-state index contributed by atoms with van der Waals surface area (Å²) >= 11 is 1.93. The minimum absolute atomic E-state index is 0.0187. The molecule has 0 aliphatic heterocycles. The molecule has 1 amide bonds. The molecule has 0 saturated heterocycles. The predicted molar refractivity (Wildman–Crippen MR) is 85.1 cm³/mol. The SMILES string of the molecule is O=C(N[C@@H](C(=O)O)c1ccccc1)c1ccc(I)c(O)c1. The fourth-order valence-electron chi connectivity index (χ4n) is 1.80. The number of halogens is 1. The van der Waals surface area contributed by atoms with Gasteiger partial charge in [-0.2, -0.15) is 0 Å². The fraction of sp³-hybridized carbons (Fsp3) is 0.0667. The predicted octanol–water partition coefficient (Wildman–Crippen LogP) is 2.55. The highest BCUT2D eigenvalue weighted by atomic mass is 127. The van der Waals surface area contributed by atoms with Gasteiger partial charge in [-0.1, -0.05) is 30.3 Å². The summed E-state index contributed by atoms with van der Waals surface area (Å²) in [7, 11) is 0. The van der Waals surface area contributed by atoms with Crippen molar-refractivity contribution in [3.05, 3.63) is 63.2 Å². The molecule has 2 rings (SSSR count). The van der Waals surface area contributed by atoms with Crippen molar-refractivity contribution < 1.29 is 19.8 Å². The number of phenols is 1. The number of benzene rings is 2. The number of aliphatic carboxylic acids is 1. The molecule has 0 radical (unpaired) electrons. The number of amides is 1. The van der Waals surface area contributed by atoms with Gasteiger partial charge in [0.1, 0.15) is 5.75 Å². The molecule has 1 atom stereocenters. The molecule has 2 aromatic rings. The van der Waals surface area contributed by atoms with Crippen LogP contribution in [0.15, 0.2) is 48.5 Å². The van der Waals surface area contributed by atoms with Crippen molar-refractivity contribution in [2.24, 2.45) is 0 Å². The lowest BCUT2D eigenvalue weighted by molar-refractivity contribution is -0.139. The van der Waals surface area contributed by atoms with Crippen LogP contribution in [-0.2, 0) is 4.79 Å². The van der Waals surface area contributed by atoms with Crippen LogP contribution in [0.4, 0.5) is 0 Å². The number of carbonyl (C=O) groups excluding carboxylic acids is 1. The number of phenolic OH excluding ortho intramolecular Hbond substituents is 1. The Morgan fingerprint density at radius 1 is 1.10 bits per heavy atom. The van der Waals surface area contributed by atoms with Gasteiger partial charge in [0, 0.05) is 5.56 Å². The molecule has 2 aromatic carbocycles. The van der Waals surface area contributed by atoms with Crippen molar-refractivity contribution in [1.29, 1.82) is 0 Å². The second-order valence-corrected chi connectivity index (χ2v) is 5.48. The van der Waals surface area contributed by atoms with Gasteiger partial charge in [0.15, 0.2) is 6.04 Å². The van der Waals surface area contributed by atoms with Crippen molar-refractivity contribution in [3.63, 3.8) is 0 Å². The molecule has 0 heterocycles. The summed E-state index contributed by atoms with van der Waals surface area (Å²) < 4.78 is 0.613. The van der Waals surface area contributed by atoms with Gasteiger partial charge in [-0.15, -0.1) is 0 Å². The Hall–Kier alpha value is -2.09. The smallest absolute Gasteiger partial charge is 0.330 e. The molecule has 0 spiro atoms. The van der Waals surface area contributed by atoms with Crippen molar-refractivity contribution in [2.45, 2.75) is 6.04 Å². The van der Waals surface area contributed by atoms with E-state index in [1.807, 2.05) is 22.6 Å². The summed E-state index contributed by atoms with van der Waals surface area (Å²) in [6, 6.07) is 11.7. The van der Waals surface area contributed by atoms with Crippen LogP contribution >= 0.6 is 22.6 Å². The first-order valence-corrected chi connectivity index (χ1v) is 7.14. The van der Waals surface area contributed by atoms with Gasteiger partial charge in [0.25, 0.3) is 5.91 Å². The van der Waals surface area contributed by atoms with Gasteiger partial charge in [-0.3, -0.25) is 4.79 Å². The van der Waals surface area contributed by atoms with E-state index in [9.17, 15) is 19.8 Å². The van der Waals surface area contributed by atoms with Crippen LogP contribution in [0, 0.1) is 3.57 Å². The standard InChI is InChI=1S/C15H12INO4/c16-11-7-6-10(8-12(11)18)14(19)17-13(15(20)21)9-4-2-1-3-5-9/h1-8,13,18H,(H,17,19)(H,20,21)/t13-/m1/s1. The van der Waals surface area contributed by atoms with Gasteiger partial charge in [0.05, 0.1) is 3.57 Å². The van der Waals surface area contributed by atoms with E-state index >= 15 is 0 Å². The second kappa shape index (κ2) is 6.57. The Morgan fingerprint density at radius 2 is 1.76 bits per heavy atom. The molecule has 108 valence electrons. The molecular formula is C15H12INO4. The van der Waals surface area contributed by atoms with Gasteiger partial charge in [0.2, 0.25) is 0 Å². The van der Waals surface area contributed by atoms with Crippen LogP contribution in [0.1, 0.15) is 22.0 Å². The van der Waals surface area contributed by atoms with Crippen LogP contribution in [0.2, 0.25) is 0 Å². The average molecular weight is 397 g/mol. The summed E-state index contributed by atoms with van der Waals surface area (Å²) in [4.78, 5) is 23.4. The quantitative estimate of drug-likeness (QED) is 0.693. The maximum Gasteiger partial charge on any atom is 0.330 e. The highest BCUT2D eigenvalue weighted by Gasteiger charge is 2.22. The van der Waals surface area contributed by atoms with Crippen molar-refractivity contribution in [3.8, 4) is 5.75 Å². The molecule has 0 fully saturated rings. The summed E-state index contributed by atoms with van der Waals surface area (Å²) in [6.45, 7) is 0. The maximum atomic E-state index is 12.1. The molecular weight excluding hydrogens is 385 g/mol. The van der Waals surface area contributed by atoms with Gasteiger partial charge in [-0.25, -0.2) is 4.79 Å². The minimum atomic E-state index is -1.15. The van der Waals surface area contributed by atoms with E-state index in [2.05, 4.69) is 5.32 Å². The van der Waals surface area contributed by atoms with E-state index in [1.165, 1.54) is 12.1 Å². The minimum Gasteiger partial charge on any atom is -0.507 e. The number of carboxylic acid groups (broad SMARTS) is 1. The summed E-state index contributed by atoms with van der Waals surface area (Å²) in [6.07, 6.45) is 0. The van der Waals surface area contributed by atoms with E-state index in [1.54, 1.807) is 36.4 Å². The summed E-state index contributed by atoms with van der Waals surface area (Å²) in [5.74, 6) is -1.72. The Bertz CT molecular complexity index is 673. The molecule has 0 saturated carbocycles. The zero-order valence-corrected chi connectivity index (χ0v) is 12.9. The van der Waals surface area contributed by atoms with Crippen molar-refractivity contribution >= 4 is 34.5 Å². The Balaban J connectivity index is 2.23. The molecule has 21 heavy (non-hydrogen) atoms. The van der Waals surface area contributed by atoms with E-state index in [4.69, 9.17) is 0 Å². The van der Waals surface area contributed by atoms with E-state index in [-0.39, 0.29) is 11.3 Å². The molecule has 3 N–H and O–H groups in total. The highest BCUT2D eigenvalue weighted by Crippen LogP contribution is 2.21. The molecule has 0 aliphatic carbocycles. The van der Waals surface area contributed by atoms with Crippen LogP contribution in [0.5, 0.6) is 5.75 Å². The van der Waals surface area contributed by atoms with Crippen LogP contribution in [0.25, 0.3) is 0 Å². The molecule has 0 bridgehead atoms. The first kappa shape index (κ1) is 15.3. The maximum absolute atomic E-state index is 12.1. The van der Waals surface area contributed by atoms with Crippen molar-refractivity contribution in [1.82, 2.24) is 5.32 Å². The lowest BCUT2D eigenvalue weighted by Gasteiger charge is -2.15. The van der Waals surface area contributed by atoms with Crippen molar-refractivity contribution in [2.75, 3.05) is 0 Å². The Labute approximate surface area is 134 Å². The van der Waals surface area contributed by atoms with Gasteiger partial charge < -0.3 is 15.5 Å². The number of nitrogens with one attached hydrogen (secondary N) is 1. The fourth-order valence-corrected chi connectivity index (χ4v) is 2.14. The number of carbonyl (C=O) groups is 2. The lowest BCUT2D eigenvalue weighted by atomic mass is 10.1. The summed E-state index contributed by atoms with van der Waals surface area (Å²) in [5, 5.41) is 21.3. The monoisotopic (exact) mass is 397 g/mol. The third-order valence-corrected chi connectivity index (χ3v) is 3.78. The van der Waals surface area contributed by atoms with Crippen LogP contribution < -0.4 is 5.32 Å². The van der Waals surface area contributed by atoms with E-state index < -0.39 is 17.9 Å². The Morgan fingerprint density at radius 3 is 2.33 bits per heavy atom. The molecule has 6 heteroatoms.